The van der Waals surface area contributed by atoms with Crippen molar-refractivity contribution >= 4 is 24.3 Å². The Balaban J connectivity index is 0.000000326. The minimum absolute atomic E-state index is 0.586. The standard InChI is InChI=1S/C12H11N3.C12H24O6.BF4/c13-10-6-8-12(9-7-10)15-14-11-4-2-1-3-5-11;1-2-14-5-6-16-9-10-18-12-11-17-8-7-15-4-3-13-1;2-1(3,4)5/h1-9H,13H2;1-12H2;/q;;-1/p+1. The molecular formula is C24H36BF4N3O6. The van der Waals surface area contributed by atoms with Gasteiger partial charge in [0.2, 0.25) is 5.69 Å². The van der Waals surface area contributed by atoms with Crippen molar-refractivity contribution in [1.82, 2.24) is 0 Å². The summed E-state index contributed by atoms with van der Waals surface area (Å²) in [7, 11) is -6.00. The van der Waals surface area contributed by atoms with E-state index >= 15 is 0 Å². The van der Waals surface area contributed by atoms with Gasteiger partial charge in [-0.05, 0) is 29.4 Å². The molecule has 1 aliphatic rings. The molecule has 0 saturated carbocycles. The molecule has 2 aromatic carbocycles. The number of benzene rings is 2. The minimum Gasteiger partial charge on any atom is -0.418 e. The Morgan fingerprint density at radius 3 is 1.18 bits per heavy atom. The highest BCUT2D eigenvalue weighted by Gasteiger charge is 2.20. The van der Waals surface area contributed by atoms with E-state index in [1.54, 1.807) is 0 Å². The molecule has 3 rings (SSSR count). The van der Waals surface area contributed by atoms with E-state index in [0.717, 1.165) is 17.1 Å². The van der Waals surface area contributed by atoms with Gasteiger partial charge >= 0.3 is 7.25 Å². The number of ether oxygens (including phenoxy) is 6. The largest absolute Gasteiger partial charge is 0.673 e. The van der Waals surface area contributed by atoms with E-state index in [2.05, 4.69) is 10.2 Å². The number of hydrogen-bond acceptors (Lipinski definition) is 8. The van der Waals surface area contributed by atoms with Gasteiger partial charge in [-0.3, -0.25) is 0 Å². The first kappa shape index (κ1) is 33.4. The summed E-state index contributed by atoms with van der Waals surface area (Å²) < 4.78 is 71.0. The van der Waals surface area contributed by atoms with Crippen LogP contribution in [0.1, 0.15) is 0 Å². The zero-order valence-corrected chi connectivity index (χ0v) is 21.2. The van der Waals surface area contributed by atoms with Crippen LogP contribution in [0.3, 0.4) is 0 Å². The van der Waals surface area contributed by atoms with Crippen molar-refractivity contribution < 1.29 is 50.8 Å². The van der Waals surface area contributed by atoms with Crippen molar-refractivity contribution in [3.05, 3.63) is 54.6 Å². The van der Waals surface area contributed by atoms with Crippen molar-refractivity contribution in [3.8, 4) is 0 Å². The third-order valence-corrected chi connectivity index (χ3v) is 4.21. The summed E-state index contributed by atoms with van der Waals surface area (Å²) in [5.74, 6) is 0. The first-order valence-corrected chi connectivity index (χ1v) is 12.1. The topological polar surface area (TPSA) is 108 Å². The molecule has 0 spiro atoms. The smallest absolute Gasteiger partial charge is 0.418 e. The second-order valence-electron chi connectivity index (χ2n) is 7.35. The predicted octanol–water partition coefficient (Wildman–Crippen LogP) is 3.16. The summed E-state index contributed by atoms with van der Waals surface area (Å²) in [6, 6.07) is 17.2. The Labute approximate surface area is 220 Å². The van der Waals surface area contributed by atoms with E-state index in [0.29, 0.717) is 79.3 Å². The van der Waals surface area contributed by atoms with Gasteiger partial charge in [-0.2, -0.15) is 0 Å². The molecule has 38 heavy (non-hydrogen) atoms. The first-order chi connectivity index (χ1) is 18.3. The first-order valence-electron chi connectivity index (χ1n) is 12.1. The van der Waals surface area contributed by atoms with Crippen LogP contribution in [0, 0.1) is 0 Å². The summed E-state index contributed by atoms with van der Waals surface area (Å²) in [5.41, 5.74) is 8.15. The van der Waals surface area contributed by atoms with Gasteiger partial charge in [-0.25, -0.2) is 0 Å². The second kappa shape index (κ2) is 22.4. The number of rotatable bonds is 2. The highest BCUT2D eigenvalue weighted by molar-refractivity contribution is 6.50. The Hall–Kier alpha value is -2.62. The second-order valence-corrected chi connectivity index (χ2v) is 7.35. The molecule has 0 atom stereocenters. The lowest BCUT2D eigenvalue weighted by Crippen LogP contribution is -2.57. The molecular weight excluding hydrogens is 513 g/mol. The number of hydrogen-bond donors (Lipinski definition) is 2. The summed E-state index contributed by atoms with van der Waals surface area (Å²) in [6.07, 6.45) is 0. The van der Waals surface area contributed by atoms with Gasteiger partial charge < -0.3 is 51.4 Å². The van der Waals surface area contributed by atoms with Gasteiger partial charge in [-0.15, -0.1) is 0 Å². The molecule has 0 bridgehead atoms. The quantitative estimate of drug-likeness (QED) is 0.257. The molecule has 0 unspecified atom stereocenters. The monoisotopic (exact) mass is 549 g/mol. The van der Waals surface area contributed by atoms with Crippen molar-refractivity contribution in [2.24, 2.45) is 5.11 Å². The summed E-state index contributed by atoms with van der Waals surface area (Å²) in [4.78, 5) is 0. The fraction of sp³-hybridized carbons (Fsp3) is 0.500. The van der Waals surface area contributed by atoms with Crippen LogP contribution in [0.4, 0.5) is 34.3 Å². The number of nitrogens with zero attached hydrogens (tertiary/aromatic N) is 1. The number of azo groups is 1. The number of halogens is 4. The van der Waals surface area contributed by atoms with Gasteiger partial charge in [0.05, 0.1) is 79.3 Å². The third kappa shape index (κ3) is 23.8. The molecule has 214 valence electrons. The molecule has 0 radical (unpaired) electrons. The number of nitrogens with one attached hydrogen (secondary N) is 1. The van der Waals surface area contributed by atoms with Crippen LogP contribution in [-0.4, -0.2) is 86.5 Å². The molecule has 9 nitrogen and oxygen atoms in total. The van der Waals surface area contributed by atoms with E-state index in [4.69, 9.17) is 34.2 Å². The summed E-state index contributed by atoms with van der Waals surface area (Å²) >= 11 is 0. The molecule has 1 aliphatic heterocycles. The van der Waals surface area contributed by atoms with Gasteiger partial charge in [0.1, 0.15) is 5.69 Å². The van der Waals surface area contributed by atoms with Crippen LogP contribution >= 0.6 is 0 Å². The zero-order valence-electron chi connectivity index (χ0n) is 21.2. The molecule has 0 aromatic heterocycles. The Morgan fingerprint density at radius 1 is 0.553 bits per heavy atom. The number of nitrogens with two attached hydrogens (primary N) is 1. The van der Waals surface area contributed by atoms with Crippen molar-refractivity contribution in [3.63, 3.8) is 0 Å². The van der Waals surface area contributed by atoms with Gasteiger partial charge in [-0.1, -0.05) is 23.3 Å². The average Bonchev–Trinajstić information content (AvgIpc) is 2.88. The molecule has 1 fully saturated rings. The molecule has 1 heterocycles. The van der Waals surface area contributed by atoms with Gasteiger partial charge in [0, 0.05) is 17.8 Å². The predicted molar refractivity (Wildman–Crippen MR) is 135 cm³/mol. The van der Waals surface area contributed by atoms with Crippen LogP contribution in [0.5, 0.6) is 0 Å². The number of nitrogen functional groups attached to an aromatic ring is 1. The molecule has 3 N–H and O–H groups in total. The Bertz CT molecular complexity index is 755. The molecule has 1 saturated heterocycles. The highest BCUT2D eigenvalue weighted by Crippen LogP contribution is 2.08. The van der Waals surface area contributed by atoms with Gasteiger partial charge in [0.15, 0.2) is 0 Å². The lowest BCUT2D eigenvalue weighted by Gasteiger charge is -2.09. The van der Waals surface area contributed by atoms with Crippen LogP contribution in [0.25, 0.3) is 0 Å². The highest BCUT2D eigenvalue weighted by atomic mass is 19.5. The third-order valence-electron chi connectivity index (χ3n) is 4.21. The van der Waals surface area contributed by atoms with Crippen molar-refractivity contribution in [2.45, 2.75) is 0 Å². The lowest BCUT2D eigenvalue weighted by atomic mass is 10.3. The summed E-state index contributed by atoms with van der Waals surface area (Å²) in [5, 5.41) is 7.17. The maximum absolute atomic E-state index is 9.75. The molecule has 0 aliphatic carbocycles. The normalized spacial score (nSPS) is 17.2. The van der Waals surface area contributed by atoms with Gasteiger partial charge in [0.25, 0.3) is 0 Å². The summed E-state index contributed by atoms with van der Waals surface area (Å²) in [6.45, 7) is 7.04. The van der Waals surface area contributed by atoms with Crippen molar-refractivity contribution in [2.75, 3.05) is 85.0 Å². The van der Waals surface area contributed by atoms with E-state index in [-0.39, 0.29) is 0 Å². The van der Waals surface area contributed by atoms with E-state index in [1.807, 2.05) is 54.6 Å². The number of para-hydroxylation sites is 1. The lowest BCUT2D eigenvalue weighted by molar-refractivity contribution is -0.433. The Morgan fingerprint density at radius 2 is 0.868 bits per heavy atom. The SMILES string of the molecule is C1COCCOCCOCCOCCOCCO1.F[B-](F)(F)F.Nc1ccc([NH+]=Nc2ccccc2)cc1. The van der Waals surface area contributed by atoms with E-state index < -0.39 is 7.25 Å². The fourth-order valence-corrected chi connectivity index (χ4v) is 2.51. The maximum Gasteiger partial charge on any atom is 0.673 e. The van der Waals surface area contributed by atoms with Crippen LogP contribution in [0.2, 0.25) is 0 Å². The molecule has 2 aromatic rings. The van der Waals surface area contributed by atoms with E-state index in [9.17, 15) is 17.3 Å². The van der Waals surface area contributed by atoms with Crippen LogP contribution in [0.15, 0.2) is 59.7 Å². The fourth-order valence-electron chi connectivity index (χ4n) is 2.51. The van der Waals surface area contributed by atoms with Crippen molar-refractivity contribution in [1.29, 1.82) is 0 Å². The number of anilines is 1. The zero-order chi connectivity index (χ0) is 27.7. The molecule has 0 amide bonds. The molecule has 14 heteroatoms. The average molecular weight is 549 g/mol. The van der Waals surface area contributed by atoms with E-state index in [1.165, 1.54) is 0 Å². The Kier molecular flexibility index (Phi) is 19.7. The van der Waals surface area contributed by atoms with Crippen LogP contribution < -0.4 is 10.8 Å². The van der Waals surface area contributed by atoms with Crippen LogP contribution in [-0.2, 0) is 28.4 Å². The maximum atomic E-state index is 9.75. The minimum atomic E-state index is -6.00.